The van der Waals surface area contributed by atoms with Gasteiger partial charge in [0.15, 0.2) is 0 Å². The summed E-state index contributed by atoms with van der Waals surface area (Å²) >= 11 is 0. The first-order valence-electron chi connectivity index (χ1n) is 5.83. The molecule has 0 aliphatic carbocycles. The van der Waals surface area contributed by atoms with Crippen LogP contribution in [0.4, 0.5) is 14.5 Å². The molecule has 0 aliphatic heterocycles. The fourth-order valence-corrected chi connectivity index (χ4v) is 1.60. The molecule has 6 heteroatoms. The first-order chi connectivity index (χ1) is 8.79. The summed E-state index contributed by atoms with van der Waals surface area (Å²) in [5.41, 5.74) is 0.0125. The predicted molar refractivity (Wildman–Crippen MR) is 67.4 cm³/mol. The third-order valence-corrected chi connectivity index (χ3v) is 2.44. The lowest BCUT2D eigenvalue weighted by Crippen LogP contribution is -2.46. The molecule has 0 radical (unpaired) electrons. The van der Waals surface area contributed by atoms with E-state index in [9.17, 15) is 18.4 Å². The molecule has 2 amide bonds. The van der Waals surface area contributed by atoms with Crippen LogP contribution in [0, 0.1) is 17.6 Å². The highest BCUT2D eigenvalue weighted by Crippen LogP contribution is 2.14. The average molecular weight is 270 g/mol. The van der Waals surface area contributed by atoms with Crippen molar-refractivity contribution in [2.45, 2.75) is 26.8 Å². The molecule has 1 atom stereocenters. The Bertz CT molecular complexity index is 469. The Labute approximate surface area is 110 Å². The third kappa shape index (κ3) is 4.65. The summed E-state index contributed by atoms with van der Waals surface area (Å²) in [7, 11) is 0. The maximum Gasteiger partial charge on any atom is 0.247 e. The van der Waals surface area contributed by atoms with E-state index < -0.39 is 23.6 Å². The van der Waals surface area contributed by atoms with Crippen LogP contribution in [-0.4, -0.2) is 17.9 Å². The molecule has 2 N–H and O–H groups in total. The van der Waals surface area contributed by atoms with Gasteiger partial charge >= 0.3 is 0 Å². The topological polar surface area (TPSA) is 58.2 Å². The number of carbonyl (C=O) groups is 2. The van der Waals surface area contributed by atoms with Gasteiger partial charge in [-0.3, -0.25) is 9.59 Å². The summed E-state index contributed by atoms with van der Waals surface area (Å²) in [5, 5.41) is 4.87. The molecule has 0 saturated carbocycles. The van der Waals surface area contributed by atoms with Crippen LogP contribution in [0.5, 0.6) is 0 Å². The summed E-state index contributed by atoms with van der Waals surface area (Å²) in [4.78, 5) is 23.0. The summed E-state index contributed by atoms with van der Waals surface area (Å²) < 4.78 is 26.0. The summed E-state index contributed by atoms with van der Waals surface area (Å²) in [5.74, 6) is -2.58. The quantitative estimate of drug-likeness (QED) is 0.880. The molecule has 4 nitrogen and oxygen atoms in total. The third-order valence-electron chi connectivity index (χ3n) is 2.44. The molecule has 1 rings (SSSR count). The van der Waals surface area contributed by atoms with Crippen LogP contribution in [0.1, 0.15) is 20.8 Å². The first-order valence-corrected chi connectivity index (χ1v) is 5.83. The molecule has 0 aromatic heterocycles. The molecule has 0 fully saturated rings. The second kappa shape index (κ2) is 6.26. The molecular weight excluding hydrogens is 254 g/mol. The number of nitrogens with one attached hydrogen (secondary N) is 2. The van der Waals surface area contributed by atoms with Gasteiger partial charge in [-0.15, -0.1) is 0 Å². The highest BCUT2D eigenvalue weighted by Gasteiger charge is 2.23. The van der Waals surface area contributed by atoms with E-state index >= 15 is 0 Å². The van der Waals surface area contributed by atoms with E-state index in [1.807, 2.05) is 0 Å². The number of anilines is 1. The maximum absolute atomic E-state index is 13.0. The van der Waals surface area contributed by atoms with E-state index in [1.165, 1.54) is 6.92 Å². The molecule has 1 aromatic rings. The Hall–Kier alpha value is -1.98. The Morgan fingerprint density at radius 2 is 1.63 bits per heavy atom. The highest BCUT2D eigenvalue weighted by atomic mass is 19.1. The van der Waals surface area contributed by atoms with Gasteiger partial charge < -0.3 is 10.6 Å². The minimum absolute atomic E-state index is 0.0125. The smallest absolute Gasteiger partial charge is 0.247 e. The normalized spacial score (nSPS) is 12.1. The highest BCUT2D eigenvalue weighted by molar-refractivity contribution is 5.97. The van der Waals surface area contributed by atoms with Gasteiger partial charge in [-0.2, -0.15) is 0 Å². The van der Waals surface area contributed by atoms with Crippen molar-refractivity contribution < 1.29 is 18.4 Å². The fraction of sp³-hybridized carbons (Fsp3) is 0.385. The van der Waals surface area contributed by atoms with Crippen LogP contribution in [0.3, 0.4) is 0 Å². The summed E-state index contributed by atoms with van der Waals surface area (Å²) in [6.07, 6.45) is 0. The molecule has 0 aliphatic rings. The number of hydrogen-bond donors (Lipinski definition) is 2. The second-order valence-electron chi connectivity index (χ2n) is 4.57. The predicted octanol–water partition coefficient (Wildman–Crippen LogP) is 2.06. The number of hydrogen-bond acceptors (Lipinski definition) is 2. The van der Waals surface area contributed by atoms with Crippen LogP contribution in [0.15, 0.2) is 18.2 Å². The molecular formula is C13H16F2N2O2. The summed E-state index contributed by atoms with van der Waals surface area (Å²) in [6.45, 7) is 4.81. The standard InChI is InChI=1S/C13H16F2N2O2/c1-7(2)12(16-8(3)18)13(19)17-11-5-9(14)4-10(15)6-11/h4-7,12H,1-3H3,(H,16,18)(H,17,19). The number of amides is 2. The molecule has 104 valence electrons. The van der Waals surface area contributed by atoms with Crippen LogP contribution in [0.25, 0.3) is 0 Å². The zero-order valence-corrected chi connectivity index (χ0v) is 11.0. The molecule has 19 heavy (non-hydrogen) atoms. The van der Waals surface area contributed by atoms with Gasteiger partial charge in [0.05, 0.1) is 0 Å². The molecule has 0 bridgehead atoms. The lowest BCUT2D eigenvalue weighted by molar-refractivity contribution is -0.126. The molecule has 1 aromatic carbocycles. The SMILES string of the molecule is CC(=O)NC(C(=O)Nc1cc(F)cc(F)c1)C(C)C. The van der Waals surface area contributed by atoms with Crippen LogP contribution < -0.4 is 10.6 Å². The first kappa shape index (κ1) is 15.1. The minimum atomic E-state index is -0.782. The van der Waals surface area contributed by atoms with Gasteiger partial charge in [0, 0.05) is 18.7 Å². The van der Waals surface area contributed by atoms with Gasteiger partial charge in [-0.25, -0.2) is 8.78 Å². The lowest BCUT2D eigenvalue weighted by Gasteiger charge is -2.20. The molecule has 0 spiro atoms. The van der Waals surface area contributed by atoms with Gasteiger partial charge in [0.2, 0.25) is 11.8 Å². The van der Waals surface area contributed by atoms with Crippen LogP contribution in [0.2, 0.25) is 0 Å². The molecule has 0 heterocycles. The van der Waals surface area contributed by atoms with E-state index in [-0.39, 0.29) is 17.5 Å². The lowest BCUT2D eigenvalue weighted by atomic mass is 10.0. The van der Waals surface area contributed by atoms with Crippen LogP contribution in [-0.2, 0) is 9.59 Å². The van der Waals surface area contributed by atoms with Crippen LogP contribution >= 0.6 is 0 Å². The number of benzene rings is 1. The zero-order valence-electron chi connectivity index (χ0n) is 11.0. The number of rotatable bonds is 4. The summed E-state index contributed by atoms with van der Waals surface area (Å²) in [6, 6.07) is 1.96. The fourth-order valence-electron chi connectivity index (χ4n) is 1.60. The van der Waals surface area contributed by atoms with Crippen molar-refractivity contribution in [2.24, 2.45) is 5.92 Å². The number of carbonyl (C=O) groups excluding carboxylic acids is 2. The van der Waals surface area contributed by atoms with E-state index in [0.717, 1.165) is 12.1 Å². The van der Waals surface area contributed by atoms with Crippen molar-refractivity contribution in [3.63, 3.8) is 0 Å². The van der Waals surface area contributed by atoms with E-state index in [4.69, 9.17) is 0 Å². The Balaban J connectivity index is 2.83. The Kier molecular flexibility index (Phi) is 4.97. The van der Waals surface area contributed by atoms with Crippen molar-refractivity contribution in [3.05, 3.63) is 29.8 Å². The average Bonchev–Trinajstić information content (AvgIpc) is 2.23. The Morgan fingerprint density at radius 3 is 2.05 bits per heavy atom. The van der Waals surface area contributed by atoms with Gasteiger partial charge in [0.25, 0.3) is 0 Å². The molecule has 1 unspecified atom stereocenters. The number of halogens is 2. The second-order valence-corrected chi connectivity index (χ2v) is 4.57. The molecule has 0 saturated heterocycles. The van der Waals surface area contributed by atoms with Gasteiger partial charge in [-0.05, 0) is 18.1 Å². The van der Waals surface area contributed by atoms with Gasteiger partial charge in [0.1, 0.15) is 17.7 Å². The van der Waals surface area contributed by atoms with E-state index in [0.29, 0.717) is 6.07 Å². The van der Waals surface area contributed by atoms with E-state index in [1.54, 1.807) is 13.8 Å². The van der Waals surface area contributed by atoms with E-state index in [2.05, 4.69) is 10.6 Å². The van der Waals surface area contributed by atoms with Crippen molar-refractivity contribution in [1.82, 2.24) is 5.32 Å². The van der Waals surface area contributed by atoms with Crippen molar-refractivity contribution in [3.8, 4) is 0 Å². The van der Waals surface area contributed by atoms with Crippen molar-refractivity contribution >= 4 is 17.5 Å². The van der Waals surface area contributed by atoms with Crippen molar-refractivity contribution in [1.29, 1.82) is 0 Å². The van der Waals surface area contributed by atoms with Gasteiger partial charge in [-0.1, -0.05) is 13.8 Å². The maximum atomic E-state index is 13.0. The minimum Gasteiger partial charge on any atom is -0.344 e. The van der Waals surface area contributed by atoms with Crippen molar-refractivity contribution in [2.75, 3.05) is 5.32 Å². The largest absolute Gasteiger partial charge is 0.344 e. The monoisotopic (exact) mass is 270 g/mol. The Morgan fingerprint density at radius 1 is 1.11 bits per heavy atom. The zero-order chi connectivity index (χ0) is 14.6.